The number of aromatic carboxylic acids is 3. The van der Waals surface area contributed by atoms with Crippen molar-refractivity contribution in [1.29, 1.82) is 0 Å². The summed E-state index contributed by atoms with van der Waals surface area (Å²) in [6, 6.07) is 54.8. The molecule has 0 unspecified atom stereocenters. The minimum atomic E-state index is -4.16. The third kappa shape index (κ3) is 18.7. The quantitative estimate of drug-likeness (QED) is 0.0242. The van der Waals surface area contributed by atoms with E-state index in [-0.39, 0.29) is 21.9 Å². The van der Waals surface area contributed by atoms with Crippen LogP contribution >= 0.6 is 0 Å². The van der Waals surface area contributed by atoms with Crippen LogP contribution in [-0.4, -0.2) is 69.2 Å². The largest absolute Gasteiger partial charge is 0.478 e. The van der Waals surface area contributed by atoms with Crippen molar-refractivity contribution in [3.8, 4) is 0 Å². The molecule has 0 radical (unpaired) electrons. The number of nitro groups is 1. The van der Waals surface area contributed by atoms with Gasteiger partial charge in [-0.2, -0.15) is 0 Å². The molecular weight excluding hydrogens is 1110 g/mol. The van der Waals surface area contributed by atoms with Gasteiger partial charge in [0.2, 0.25) is 10.0 Å². The summed E-state index contributed by atoms with van der Waals surface area (Å²) in [5, 5.41) is 38.9. The van der Waals surface area contributed by atoms with Crippen molar-refractivity contribution >= 4 is 70.7 Å². The number of para-hydroxylation sites is 1. The zero-order valence-electron chi connectivity index (χ0n) is 44.4. The van der Waals surface area contributed by atoms with Gasteiger partial charge in [-0.3, -0.25) is 24.3 Å². The summed E-state index contributed by atoms with van der Waals surface area (Å²) < 4.78 is 81.7. The van der Waals surface area contributed by atoms with E-state index in [1.54, 1.807) is 133 Å². The minimum Gasteiger partial charge on any atom is -0.478 e. The van der Waals surface area contributed by atoms with Crippen molar-refractivity contribution in [3.63, 3.8) is 0 Å². The number of hydrogen-bond donors (Lipinski definition) is 6. The van der Waals surface area contributed by atoms with Crippen LogP contribution in [0, 0.1) is 10.1 Å². The van der Waals surface area contributed by atoms with E-state index in [9.17, 15) is 65.1 Å². The van der Waals surface area contributed by atoms with E-state index in [4.69, 9.17) is 0 Å². The fraction of sp³-hybridized carbons (Fsp3) is 0.164. The number of aryl methyl sites for hydroxylation is 6. The molecule has 0 saturated heterocycles. The van der Waals surface area contributed by atoms with Gasteiger partial charge < -0.3 is 15.3 Å². The van der Waals surface area contributed by atoms with Gasteiger partial charge in [-0.15, -0.1) is 0 Å². The first-order valence-electron chi connectivity index (χ1n) is 25.7. The van der Waals surface area contributed by atoms with E-state index in [2.05, 4.69) is 14.2 Å². The summed E-state index contributed by atoms with van der Waals surface area (Å²) >= 11 is 0. The van der Waals surface area contributed by atoms with Crippen molar-refractivity contribution in [2.45, 2.75) is 68.1 Å². The third-order valence-electron chi connectivity index (χ3n) is 12.5. The molecule has 8 rings (SSSR count). The third-order valence-corrected chi connectivity index (χ3v) is 16.7. The number of unbranched alkanes of at least 4 members (excludes halogenated alkanes) is 1. The molecular formula is C61H60N4O14S3. The molecule has 21 heteroatoms. The normalized spacial score (nSPS) is 11.1. The van der Waals surface area contributed by atoms with Crippen LogP contribution in [0.2, 0.25) is 0 Å². The Kier molecular flexibility index (Phi) is 22.2. The van der Waals surface area contributed by atoms with Gasteiger partial charge in [-0.25, -0.2) is 39.6 Å². The van der Waals surface area contributed by atoms with E-state index >= 15 is 0 Å². The second-order valence-corrected chi connectivity index (χ2v) is 23.7. The molecule has 0 saturated carbocycles. The molecule has 0 fully saturated rings. The predicted octanol–water partition coefficient (Wildman–Crippen LogP) is 11.6. The molecule has 18 nitrogen and oxygen atoms in total. The molecule has 0 bridgehead atoms. The lowest BCUT2D eigenvalue weighted by molar-refractivity contribution is -0.387. The maximum Gasteiger partial charge on any atom is 0.335 e. The smallest absolute Gasteiger partial charge is 0.335 e. The van der Waals surface area contributed by atoms with Gasteiger partial charge in [-0.1, -0.05) is 135 Å². The number of carbonyl (C=O) groups is 3. The van der Waals surface area contributed by atoms with Crippen LogP contribution < -0.4 is 14.2 Å². The van der Waals surface area contributed by atoms with Crippen LogP contribution in [0.5, 0.6) is 0 Å². The molecule has 0 aromatic heterocycles. The molecule has 0 heterocycles. The molecule has 0 spiro atoms. The van der Waals surface area contributed by atoms with Crippen molar-refractivity contribution in [2.24, 2.45) is 0 Å². The van der Waals surface area contributed by atoms with Crippen LogP contribution in [0.15, 0.2) is 210 Å². The fourth-order valence-corrected chi connectivity index (χ4v) is 12.0. The van der Waals surface area contributed by atoms with Gasteiger partial charge in [0.15, 0.2) is 4.90 Å². The molecule has 426 valence electrons. The van der Waals surface area contributed by atoms with Gasteiger partial charge in [0, 0.05) is 23.1 Å². The van der Waals surface area contributed by atoms with Gasteiger partial charge in [0.05, 0.1) is 32.3 Å². The molecule has 0 aliphatic heterocycles. The average molecular weight is 1170 g/mol. The second-order valence-electron chi connectivity index (χ2n) is 18.5. The van der Waals surface area contributed by atoms with Gasteiger partial charge >= 0.3 is 17.9 Å². The van der Waals surface area contributed by atoms with Crippen molar-refractivity contribution in [3.05, 3.63) is 260 Å². The number of carboxylic acids is 3. The highest BCUT2D eigenvalue weighted by Gasteiger charge is 2.25. The zero-order valence-corrected chi connectivity index (χ0v) is 46.9. The van der Waals surface area contributed by atoms with Crippen molar-refractivity contribution < 1.29 is 59.9 Å². The number of anilines is 3. The highest BCUT2D eigenvalue weighted by atomic mass is 32.2. The molecule has 8 aromatic rings. The van der Waals surface area contributed by atoms with E-state index in [0.29, 0.717) is 73.0 Å². The number of hydrogen-bond acceptors (Lipinski definition) is 11. The van der Waals surface area contributed by atoms with E-state index in [0.717, 1.165) is 40.3 Å². The number of rotatable bonds is 24. The summed E-state index contributed by atoms with van der Waals surface area (Å²) in [6.45, 7) is 1.95. The van der Waals surface area contributed by atoms with E-state index < -0.39 is 63.5 Å². The summed E-state index contributed by atoms with van der Waals surface area (Å²) in [5.74, 6) is -2.78. The first kappa shape index (κ1) is 62.0. The summed E-state index contributed by atoms with van der Waals surface area (Å²) in [5.41, 5.74) is 6.45. The molecule has 8 aromatic carbocycles. The van der Waals surface area contributed by atoms with E-state index in [1.807, 2.05) is 31.2 Å². The molecule has 82 heavy (non-hydrogen) atoms. The lowest BCUT2D eigenvalue weighted by atomic mass is 10.00. The summed E-state index contributed by atoms with van der Waals surface area (Å²) in [6.07, 6.45) is 4.77. The fourth-order valence-electron chi connectivity index (χ4n) is 8.47. The Morgan fingerprint density at radius 2 is 0.805 bits per heavy atom. The highest BCUT2D eigenvalue weighted by molar-refractivity contribution is 7.93. The Morgan fingerprint density at radius 3 is 1.21 bits per heavy atom. The average Bonchev–Trinajstić information content (AvgIpc) is 3.66. The molecule has 0 aliphatic carbocycles. The number of carboxylic acid groups (broad SMARTS) is 3. The SMILES string of the molecule is CCCCS(=O)(=O)Nc1cccc(CCc2ccccc2C(=O)O)c1.O=C(O)c1ccccc1CCc1cccc(NS(=O)(=O)c2ccccc2)c1.O=C(O)c1ccccc1CCc1cccc(NS(=O)(=O)c2ccccc2[N+](=O)[O-])c1. The summed E-state index contributed by atoms with van der Waals surface area (Å²) in [7, 11) is -11.1. The first-order chi connectivity index (χ1) is 39.1. The monoisotopic (exact) mass is 1170 g/mol. The Labute approximate surface area is 476 Å². The number of sulfonamides is 3. The topological polar surface area (TPSA) is 294 Å². The van der Waals surface area contributed by atoms with Crippen LogP contribution in [-0.2, 0) is 68.6 Å². The Balaban J connectivity index is 0.000000199. The van der Waals surface area contributed by atoms with E-state index in [1.165, 1.54) is 36.4 Å². The highest BCUT2D eigenvalue weighted by Crippen LogP contribution is 2.27. The maximum absolute atomic E-state index is 12.7. The minimum absolute atomic E-state index is 0.111. The molecule has 0 aliphatic rings. The Morgan fingerprint density at radius 1 is 0.439 bits per heavy atom. The standard InChI is InChI=1S/C21H18N2O6S.C21H19NO4S.C19H23NO4S/c24-21(25)18-9-2-1-7-16(18)13-12-15-6-5-8-17(14-15)22-30(28,29)20-11-4-3-10-19(20)23(26)27;23-21(24)20-12-5-4-8-17(20)14-13-16-7-6-9-18(15-16)22-27(25,26)19-10-2-1-3-11-19;1-2-3-13-25(23,24)20-17-9-6-7-15(14-17)11-12-16-8-4-5-10-18(16)19(21)22/h1-11,14,22H,12-13H2,(H,24,25);1-12,15,22H,13-14H2,(H,23,24);4-10,14,20H,2-3,11-13H2,1H3,(H,21,22). The van der Waals surface area contributed by atoms with Crippen molar-refractivity contribution in [1.82, 2.24) is 0 Å². The Bertz CT molecular complexity index is 3880. The Hall–Kier alpha value is -9.18. The van der Waals surface area contributed by atoms with Crippen LogP contribution in [0.4, 0.5) is 22.7 Å². The second kappa shape index (κ2) is 29.3. The zero-order chi connectivity index (χ0) is 59.3. The number of nitrogens with zero attached hydrogens (tertiary/aromatic N) is 1. The molecule has 0 atom stereocenters. The predicted molar refractivity (Wildman–Crippen MR) is 315 cm³/mol. The molecule has 6 N–H and O–H groups in total. The van der Waals surface area contributed by atoms with Gasteiger partial charge in [0.1, 0.15) is 0 Å². The van der Waals surface area contributed by atoms with Crippen molar-refractivity contribution in [2.75, 3.05) is 19.9 Å². The van der Waals surface area contributed by atoms with Crippen LogP contribution in [0.1, 0.15) is 84.2 Å². The van der Waals surface area contributed by atoms with Crippen LogP contribution in [0.3, 0.4) is 0 Å². The van der Waals surface area contributed by atoms with Gasteiger partial charge in [0.25, 0.3) is 25.7 Å². The number of nitro benzene ring substituents is 1. The number of nitrogens with one attached hydrogen (secondary N) is 3. The lowest BCUT2D eigenvalue weighted by Crippen LogP contribution is -2.16. The first-order valence-corrected chi connectivity index (χ1v) is 30.3. The van der Waals surface area contributed by atoms with Crippen LogP contribution in [0.25, 0.3) is 0 Å². The lowest BCUT2D eigenvalue weighted by Gasteiger charge is -2.10. The van der Waals surface area contributed by atoms with Gasteiger partial charge in [-0.05, 0) is 151 Å². The molecule has 0 amide bonds. The maximum atomic E-state index is 12.7. The number of benzene rings is 8. The summed E-state index contributed by atoms with van der Waals surface area (Å²) in [4.78, 5) is 44.1.